The Labute approximate surface area is 147 Å². The number of sulfonamides is 1. The van der Waals surface area contributed by atoms with E-state index >= 15 is 0 Å². The fourth-order valence-corrected chi connectivity index (χ4v) is 3.19. The van der Waals surface area contributed by atoms with E-state index in [1.807, 2.05) is 6.92 Å². The summed E-state index contributed by atoms with van der Waals surface area (Å²) >= 11 is 0. The highest BCUT2D eigenvalue weighted by Gasteiger charge is 2.20. The molecule has 0 aromatic heterocycles. The Morgan fingerprint density at radius 1 is 1.08 bits per heavy atom. The van der Waals surface area contributed by atoms with Crippen molar-refractivity contribution in [3.63, 3.8) is 0 Å². The van der Waals surface area contributed by atoms with Gasteiger partial charge in [0.05, 0.1) is 28.9 Å². The lowest BCUT2D eigenvalue weighted by Crippen LogP contribution is -2.18. The summed E-state index contributed by atoms with van der Waals surface area (Å²) in [4.78, 5) is 12.2. The molecule has 0 unspecified atom stereocenters. The Kier molecular flexibility index (Phi) is 6.03. The average Bonchev–Trinajstić information content (AvgIpc) is 2.55. The van der Waals surface area contributed by atoms with E-state index in [0.717, 1.165) is 0 Å². The zero-order chi connectivity index (χ0) is 18.4. The molecular formula is C18H21NO5S. The van der Waals surface area contributed by atoms with E-state index in [0.29, 0.717) is 12.4 Å². The van der Waals surface area contributed by atoms with Gasteiger partial charge >= 0.3 is 5.97 Å². The molecule has 2 aromatic carbocycles. The van der Waals surface area contributed by atoms with Crippen molar-refractivity contribution < 1.29 is 22.7 Å². The second kappa shape index (κ2) is 8.02. The van der Waals surface area contributed by atoms with Crippen LogP contribution in [0.4, 0.5) is 5.69 Å². The highest BCUT2D eigenvalue weighted by atomic mass is 32.2. The zero-order valence-electron chi connectivity index (χ0n) is 14.4. The summed E-state index contributed by atoms with van der Waals surface area (Å²) in [6.07, 6.45) is -0.303. The maximum absolute atomic E-state index is 12.6. The molecule has 0 heterocycles. The van der Waals surface area contributed by atoms with E-state index in [4.69, 9.17) is 9.47 Å². The van der Waals surface area contributed by atoms with Crippen molar-refractivity contribution in [1.82, 2.24) is 0 Å². The summed E-state index contributed by atoms with van der Waals surface area (Å²) in [5.41, 5.74) is 0.327. The Morgan fingerprint density at radius 2 is 1.72 bits per heavy atom. The van der Waals surface area contributed by atoms with Gasteiger partial charge in [-0.1, -0.05) is 12.1 Å². The second-order valence-electron chi connectivity index (χ2n) is 5.51. The first-order valence-electron chi connectivity index (χ1n) is 7.89. The predicted molar refractivity (Wildman–Crippen MR) is 95.4 cm³/mol. The van der Waals surface area contributed by atoms with Crippen LogP contribution in [0.3, 0.4) is 0 Å². The van der Waals surface area contributed by atoms with Crippen molar-refractivity contribution in [2.45, 2.75) is 31.8 Å². The fraction of sp³-hybridized carbons (Fsp3) is 0.278. The number of nitrogens with one attached hydrogen (secondary N) is 1. The van der Waals surface area contributed by atoms with Crippen LogP contribution in [0.5, 0.6) is 5.75 Å². The van der Waals surface area contributed by atoms with Gasteiger partial charge in [0.2, 0.25) is 0 Å². The molecule has 0 aliphatic rings. The molecular weight excluding hydrogens is 342 g/mol. The van der Waals surface area contributed by atoms with E-state index in [2.05, 4.69) is 4.72 Å². The van der Waals surface area contributed by atoms with Gasteiger partial charge in [-0.3, -0.25) is 4.72 Å². The Hall–Kier alpha value is -2.54. The summed E-state index contributed by atoms with van der Waals surface area (Å²) in [5, 5.41) is 0. The number of para-hydroxylation sites is 1. The molecule has 0 saturated heterocycles. The van der Waals surface area contributed by atoms with E-state index in [1.165, 1.54) is 24.3 Å². The average molecular weight is 363 g/mol. The number of hydrogen-bond acceptors (Lipinski definition) is 5. The van der Waals surface area contributed by atoms with Gasteiger partial charge in [-0.25, -0.2) is 13.2 Å². The van der Waals surface area contributed by atoms with Gasteiger partial charge in [-0.15, -0.1) is 0 Å². The van der Waals surface area contributed by atoms with Crippen molar-refractivity contribution >= 4 is 21.7 Å². The Balaban J connectivity index is 2.27. The summed E-state index contributed by atoms with van der Waals surface area (Å²) in [6.45, 7) is 5.80. The molecule has 0 saturated carbocycles. The van der Waals surface area contributed by atoms with Crippen molar-refractivity contribution in [1.29, 1.82) is 0 Å². The summed E-state index contributed by atoms with van der Waals surface area (Å²) < 4.78 is 38.0. The molecule has 0 aliphatic heterocycles. The van der Waals surface area contributed by atoms with Crippen molar-refractivity contribution in [2.75, 3.05) is 11.3 Å². The number of carbonyl (C=O) groups excluding carboxylic acids is 1. The molecule has 2 aromatic rings. The molecule has 0 aliphatic carbocycles. The number of hydrogen-bond donors (Lipinski definition) is 1. The quantitative estimate of drug-likeness (QED) is 0.762. The van der Waals surface area contributed by atoms with E-state index in [-0.39, 0.29) is 22.3 Å². The number of anilines is 1. The molecule has 0 spiro atoms. The lowest BCUT2D eigenvalue weighted by Gasteiger charge is -2.14. The van der Waals surface area contributed by atoms with Crippen LogP contribution in [0.15, 0.2) is 53.4 Å². The molecule has 2 rings (SSSR count). The minimum Gasteiger partial charge on any atom is -0.494 e. The van der Waals surface area contributed by atoms with Gasteiger partial charge in [0.15, 0.2) is 0 Å². The Bertz CT molecular complexity index is 829. The van der Waals surface area contributed by atoms with Crippen LogP contribution in [-0.4, -0.2) is 27.1 Å². The molecule has 0 atom stereocenters. The van der Waals surface area contributed by atoms with Crippen LogP contribution in [0.1, 0.15) is 31.1 Å². The fourth-order valence-electron chi connectivity index (χ4n) is 2.11. The number of benzene rings is 2. The SMILES string of the molecule is CCOc1ccc(S(=O)(=O)Nc2ccccc2C(=O)OC(C)C)cc1. The van der Waals surface area contributed by atoms with Crippen LogP contribution in [0.2, 0.25) is 0 Å². The number of rotatable bonds is 7. The van der Waals surface area contributed by atoms with Gasteiger partial charge in [0, 0.05) is 0 Å². The lowest BCUT2D eigenvalue weighted by atomic mass is 10.2. The van der Waals surface area contributed by atoms with Crippen molar-refractivity contribution in [3.8, 4) is 5.75 Å². The van der Waals surface area contributed by atoms with Crippen LogP contribution < -0.4 is 9.46 Å². The summed E-state index contributed by atoms with van der Waals surface area (Å²) in [5.74, 6) is 0.00218. The molecule has 25 heavy (non-hydrogen) atoms. The minimum absolute atomic E-state index is 0.0722. The molecule has 0 amide bonds. The standard InChI is InChI=1S/C18H21NO5S/c1-4-23-14-9-11-15(12-10-14)25(21,22)19-17-8-6-5-7-16(17)18(20)24-13(2)3/h5-13,19H,4H2,1-3H3. The van der Waals surface area contributed by atoms with Gasteiger partial charge in [0.1, 0.15) is 5.75 Å². The first-order chi connectivity index (χ1) is 11.8. The van der Waals surface area contributed by atoms with Gasteiger partial charge in [-0.05, 0) is 57.2 Å². The Morgan fingerprint density at radius 3 is 2.32 bits per heavy atom. The van der Waals surface area contributed by atoms with E-state index in [1.54, 1.807) is 38.1 Å². The predicted octanol–water partition coefficient (Wildman–Crippen LogP) is 3.45. The minimum atomic E-state index is -3.84. The summed E-state index contributed by atoms with van der Waals surface area (Å²) in [6, 6.07) is 12.4. The lowest BCUT2D eigenvalue weighted by molar-refractivity contribution is 0.0379. The highest BCUT2D eigenvalue weighted by molar-refractivity contribution is 7.92. The third-order valence-electron chi connectivity index (χ3n) is 3.18. The van der Waals surface area contributed by atoms with Gasteiger partial charge in [-0.2, -0.15) is 0 Å². The second-order valence-corrected chi connectivity index (χ2v) is 7.19. The molecule has 6 nitrogen and oxygen atoms in total. The smallest absolute Gasteiger partial charge is 0.340 e. The molecule has 7 heteroatoms. The third-order valence-corrected chi connectivity index (χ3v) is 4.56. The number of esters is 1. The highest BCUT2D eigenvalue weighted by Crippen LogP contribution is 2.22. The molecule has 134 valence electrons. The maximum atomic E-state index is 12.6. The van der Waals surface area contributed by atoms with Crippen molar-refractivity contribution in [3.05, 3.63) is 54.1 Å². The van der Waals surface area contributed by atoms with Crippen LogP contribution in [0.25, 0.3) is 0 Å². The van der Waals surface area contributed by atoms with E-state index in [9.17, 15) is 13.2 Å². The first-order valence-corrected chi connectivity index (χ1v) is 9.37. The molecule has 0 fully saturated rings. The number of carbonyl (C=O) groups is 1. The van der Waals surface area contributed by atoms with Gasteiger partial charge < -0.3 is 9.47 Å². The molecule has 0 radical (unpaired) electrons. The number of ether oxygens (including phenoxy) is 2. The largest absolute Gasteiger partial charge is 0.494 e. The zero-order valence-corrected chi connectivity index (χ0v) is 15.2. The molecule has 1 N–H and O–H groups in total. The maximum Gasteiger partial charge on any atom is 0.340 e. The topological polar surface area (TPSA) is 81.7 Å². The third kappa shape index (κ3) is 4.96. The van der Waals surface area contributed by atoms with Crippen LogP contribution in [-0.2, 0) is 14.8 Å². The van der Waals surface area contributed by atoms with Crippen molar-refractivity contribution in [2.24, 2.45) is 0 Å². The normalized spacial score (nSPS) is 11.2. The van der Waals surface area contributed by atoms with Gasteiger partial charge in [0.25, 0.3) is 10.0 Å². The molecule has 0 bridgehead atoms. The first kappa shape index (κ1) is 18.8. The van der Waals surface area contributed by atoms with E-state index < -0.39 is 16.0 Å². The summed E-state index contributed by atoms with van der Waals surface area (Å²) in [7, 11) is -3.84. The van der Waals surface area contributed by atoms with Crippen LogP contribution in [0, 0.1) is 0 Å². The van der Waals surface area contributed by atoms with Crippen LogP contribution >= 0.6 is 0 Å². The monoisotopic (exact) mass is 363 g/mol.